The van der Waals surface area contributed by atoms with E-state index in [1.807, 2.05) is 18.2 Å². The van der Waals surface area contributed by atoms with Gasteiger partial charge < -0.3 is 34.6 Å². The first-order valence-corrected chi connectivity index (χ1v) is 18.8. The van der Waals surface area contributed by atoms with Gasteiger partial charge in [0.1, 0.15) is 42.8 Å². The number of fused-ring (bicyclic) bond motifs is 2. The molecule has 57 heavy (non-hydrogen) atoms. The normalized spacial score (nSPS) is 23.5. The standard InChI is InChI=1S/C42H40N6O9/c43-41(54)42-35(50)25-56-36(42)15-19-47(42)40(53)32(21-27-7-5-17-45-23-27)48(38(51)28-10-12-30(13-11-28)57-29-8-2-1-3-9-29)31(20-26-6-4-16-44-22-26)39(52)46-18-14-34-37(46)33(49)24-55-34/h1-13,16-17,22-23,31-32,34,36-37H,14-15,18-21,24-25H2,(H2,43,54). The molecule has 4 aromatic rings. The Kier molecular flexibility index (Phi) is 10.3. The second-order valence-electron chi connectivity index (χ2n) is 14.5. The van der Waals surface area contributed by atoms with Crippen LogP contribution in [0.5, 0.6) is 11.5 Å². The maximum absolute atomic E-state index is 15.4. The highest BCUT2D eigenvalue weighted by atomic mass is 16.5. The van der Waals surface area contributed by atoms with Gasteiger partial charge in [0.15, 0.2) is 11.6 Å². The SMILES string of the molecule is NC(=O)C12C(=O)COC1CCN2C(=O)C(Cc1cccnc1)N(C(=O)c1ccc(Oc2ccccc2)cc1)C(Cc1cccnc1)C(=O)N1CCC2OCC(=O)C21. The van der Waals surface area contributed by atoms with Gasteiger partial charge in [0, 0.05) is 56.3 Å². The van der Waals surface area contributed by atoms with Gasteiger partial charge in [0.05, 0.1) is 12.2 Å². The zero-order chi connectivity index (χ0) is 39.7. The number of pyridine rings is 2. The molecule has 8 rings (SSSR count). The fraction of sp³-hybridized carbons (Fsp3) is 0.333. The molecule has 292 valence electrons. The molecule has 15 heteroatoms. The third-order valence-electron chi connectivity index (χ3n) is 11.2. The lowest BCUT2D eigenvalue weighted by Crippen LogP contribution is -2.68. The van der Waals surface area contributed by atoms with Crippen molar-refractivity contribution in [1.82, 2.24) is 24.7 Å². The molecule has 0 aliphatic carbocycles. The minimum atomic E-state index is -2.10. The number of hydrogen-bond acceptors (Lipinski definition) is 11. The first-order chi connectivity index (χ1) is 27.7. The molecule has 0 radical (unpaired) electrons. The van der Waals surface area contributed by atoms with Gasteiger partial charge in [-0.2, -0.15) is 0 Å². The van der Waals surface area contributed by atoms with Gasteiger partial charge in [0.2, 0.25) is 17.4 Å². The van der Waals surface area contributed by atoms with Crippen molar-refractivity contribution in [1.29, 1.82) is 0 Å². The van der Waals surface area contributed by atoms with Gasteiger partial charge in [-0.25, -0.2) is 0 Å². The van der Waals surface area contributed by atoms with Gasteiger partial charge >= 0.3 is 0 Å². The maximum atomic E-state index is 15.4. The predicted molar refractivity (Wildman–Crippen MR) is 200 cm³/mol. The van der Waals surface area contributed by atoms with Crippen molar-refractivity contribution in [3.05, 3.63) is 120 Å². The maximum Gasteiger partial charge on any atom is 0.255 e. The van der Waals surface area contributed by atoms with Gasteiger partial charge in [-0.05, 0) is 72.5 Å². The number of carbonyl (C=O) groups is 6. The zero-order valence-electron chi connectivity index (χ0n) is 30.8. The Morgan fingerprint density at radius 1 is 0.789 bits per heavy atom. The van der Waals surface area contributed by atoms with Gasteiger partial charge in [0.25, 0.3) is 11.8 Å². The summed E-state index contributed by atoms with van der Waals surface area (Å²) < 4.78 is 17.4. The molecule has 4 aliphatic rings. The number of rotatable bonds is 12. The molecule has 0 bridgehead atoms. The van der Waals surface area contributed by atoms with Crippen molar-refractivity contribution in [2.24, 2.45) is 5.73 Å². The summed E-state index contributed by atoms with van der Waals surface area (Å²) in [5, 5.41) is 0. The monoisotopic (exact) mass is 772 g/mol. The third-order valence-corrected chi connectivity index (χ3v) is 11.2. The molecule has 4 aliphatic heterocycles. The van der Waals surface area contributed by atoms with Crippen LogP contribution in [0.15, 0.2) is 104 Å². The molecule has 6 unspecified atom stereocenters. The van der Waals surface area contributed by atoms with E-state index in [4.69, 9.17) is 19.9 Å². The lowest BCUT2D eigenvalue weighted by molar-refractivity contribution is -0.154. The van der Waals surface area contributed by atoms with E-state index in [1.165, 1.54) is 28.1 Å². The van der Waals surface area contributed by atoms with E-state index in [9.17, 15) is 14.4 Å². The van der Waals surface area contributed by atoms with Gasteiger partial charge in [-0.15, -0.1) is 0 Å². The third kappa shape index (κ3) is 6.93. The lowest BCUT2D eigenvalue weighted by Gasteiger charge is -2.42. The second-order valence-corrected chi connectivity index (χ2v) is 14.5. The molecule has 4 fully saturated rings. The first-order valence-electron chi connectivity index (χ1n) is 18.8. The number of benzene rings is 2. The van der Waals surface area contributed by atoms with Crippen LogP contribution < -0.4 is 10.5 Å². The number of nitrogens with two attached hydrogens (primary N) is 1. The minimum absolute atomic E-state index is 0.0712. The predicted octanol–water partition coefficient (Wildman–Crippen LogP) is 1.93. The van der Waals surface area contributed by atoms with Crippen LogP contribution in [0.3, 0.4) is 0 Å². The highest BCUT2D eigenvalue weighted by Crippen LogP contribution is 2.39. The molecular weight excluding hydrogens is 732 g/mol. The van der Waals surface area contributed by atoms with Crippen LogP contribution in [0.4, 0.5) is 0 Å². The molecule has 0 saturated carbocycles. The molecule has 6 heterocycles. The Labute approximate surface area is 327 Å². The molecule has 2 aromatic heterocycles. The Morgan fingerprint density at radius 3 is 2.07 bits per heavy atom. The highest BCUT2D eigenvalue weighted by molar-refractivity contribution is 6.16. The Morgan fingerprint density at radius 2 is 1.44 bits per heavy atom. The van der Waals surface area contributed by atoms with Crippen molar-refractivity contribution < 1.29 is 43.0 Å². The fourth-order valence-electron chi connectivity index (χ4n) is 8.58. The fourth-order valence-corrected chi connectivity index (χ4v) is 8.58. The number of Topliss-reactive ketones (excluding diaryl/α,β-unsaturated/α-hetero) is 2. The summed E-state index contributed by atoms with van der Waals surface area (Å²) >= 11 is 0. The van der Waals surface area contributed by atoms with Crippen LogP contribution in [0, 0.1) is 0 Å². The van der Waals surface area contributed by atoms with E-state index < -0.39 is 71.9 Å². The summed E-state index contributed by atoms with van der Waals surface area (Å²) in [5.74, 6) is -3.00. The van der Waals surface area contributed by atoms with Crippen LogP contribution >= 0.6 is 0 Å². The highest BCUT2D eigenvalue weighted by Gasteiger charge is 2.65. The minimum Gasteiger partial charge on any atom is -0.457 e. The van der Waals surface area contributed by atoms with Gasteiger partial charge in [-0.1, -0.05) is 30.3 Å². The molecule has 2 N–H and O–H groups in total. The second kappa shape index (κ2) is 15.7. The number of aromatic nitrogens is 2. The van der Waals surface area contributed by atoms with Crippen LogP contribution in [-0.4, -0.2) is 122 Å². The van der Waals surface area contributed by atoms with E-state index in [0.29, 0.717) is 29.0 Å². The van der Waals surface area contributed by atoms with Crippen LogP contribution in [-0.2, 0) is 46.3 Å². The van der Waals surface area contributed by atoms with Crippen molar-refractivity contribution in [2.45, 2.75) is 61.6 Å². The number of carbonyl (C=O) groups excluding carboxylic acids is 6. The average Bonchev–Trinajstić information content (AvgIpc) is 4.01. The average molecular weight is 773 g/mol. The molecule has 2 aromatic carbocycles. The Balaban J connectivity index is 1.27. The molecule has 4 amide bonds. The first kappa shape index (κ1) is 37.6. The Bertz CT molecular complexity index is 2170. The number of likely N-dealkylation sites (tertiary alicyclic amines) is 2. The number of ketones is 2. The number of nitrogens with zero attached hydrogens (tertiary/aromatic N) is 5. The number of ether oxygens (including phenoxy) is 3. The summed E-state index contributed by atoms with van der Waals surface area (Å²) in [5.41, 5.74) is 5.07. The van der Waals surface area contributed by atoms with Crippen molar-refractivity contribution in [2.75, 3.05) is 26.3 Å². The van der Waals surface area contributed by atoms with Gasteiger partial charge in [-0.3, -0.25) is 38.7 Å². The smallest absolute Gasteiger partial charge is 0.255 e. The number of para-hydroxylation sites is 1. The lowest BCUT2D eigenvalue weighted by atomic mass is 9.88. The van der Waals surface area contributed by atoms with E-state index in [1.54, 1.807) is 67.1 Å². The summed E-state index contributed by atoms with van der Waals surface area (Å²) in [4.78, 5) is 98.2. The molecular formula is C42H40N6O9. The summed E-state index contributed by atoms with van der Waals surface area (Å²) in [6.45, 7) is -0.447. The Hall–Kier alpha value is -6.32. The molecule has 0 spiro atoms. The van der Waals surface area contributed by atoms with Crippen molar-refractivity contribution in [3.8, 4) is 11.5 Å². The number of hydrogen-bond donors (Lipinski definition) is 1. The zero-order valence-corrected chi connectivity index (χ0v) is 30.8. The van der Waals surface area contributed by atoms with E-state index in [-0.39, 0.29) is 50.3 Å². The molecule has 4 saturated heterocycles. The summed E-state index contributed by atoms with van der Waals surface area (Å²) in [6, 6.07) is 18.5. The summed E-state index contributed by atoms with van der Waals surface area (Å²) in [6.07, 6.45) is 5.06. The molecule has 15 nitrogen and oxygen atoms in total. The number of amides is 4. The quantitative estimate of drug-likeness (QED) is 0.207. The van der Waals surface area contributed by atoms with Crippen molar-refractivity contribution >= 4 is 35.2 Å². The van der Waals surface area contributed by atoms with Crippen molar-refractivity contribution in [3.63, 3.8) is 0 Å². The largest absolute Gasteiger partial charge is 0.457 e. The van der Waals surface area contributed by atoms with E-state index >= 15 is 14.4 Å². The summed E-state index contributed by atoms with van der Waals surface area (Å²) in [7, 11) is 0. The number of primary amides is 1. The van der Waals surface area contributed by atoms with Crippen LogP contribution in [0.25, 0.3) is 0 Å². The van der Waals surface area contributed by atoms with E-state index in [0.717, 1.165) is 4.90 Å². The van der Waals surface area contributed by atoms with E-state index in [2.05, 4.69) is 9.97 Å². The topological polar surface area (TPSA) is 192 Å². The molecule has 6 atom stereocenters. The van der Waals surface area contributed by atoms with Crippen LogP contribution in [0.1, 0.15) is 34.3 Å². The van der Waals surface area contributed by atoms with Crippen LogP contribution in [0.2, 0.25) is 0 Å².